The summed E-state index contributed by atoms with van der Waals surface area (Å²) in [5, 5.41) is 0. The first-order valence-corrected chi connectivity index (χ1v) is 12.2. The first-order valence-electron chi connectivity index (χ1n) is 12.2. The molecule has 4 nitrogen and oxygen atoms in total. The van der Waals surface area contributed by atoms with Crippen molar-refractivity contribution < 1.29 is 4.79 Å². The second kappa shape index (κ2) is 10.4. The molecule has 1 atom stereocenters. The summed E-state index contributed by atoms with van der Waals surface area (Å²) >= 11 is 0. The van der Waals surface area contributed by atoms with Gasteiger partial charge in [-0.2, -0.15) is 0 Å². The number of carbonyl (C=O) groups excluding carboxylic acids is 1. The minimum atomic E-state index is 0.110. The van der Waals surface area contributed by atoms with Gasteiger partial charge in [-0.25, -0.2) is 0 Å². The fraction of sp³-hybridized carbons (Fsp3) is 0.556. The summed E-state index contributed by atoms with van der Waals surface area (Å²) in [7, 11) is 0. The minimum Gasteiger partial charge on any atom is -0.335 e. The van der Waals surface area contributed by atoms with E-state index in [1.165, 1.54) is 36.8 Å². The number of hydrogen-bond acceptors (Lipinski definition) is 3. The first-order chi connectivity index (χ1) is 15.2. The molecule has 1 aliphatic heterocycles. The van der Waals surface area contributed by atoms with Crippen LogP contribution in [0.4, 0.5) is 0 Å². The molecule has 1 aromatic carbocycles. The molecule has 2 aliphatic carbocycles. The van der Waals surface area contributed by atoms with Crippen LogP contribution in [-0.4, -0.2) is 53.6 Å². The van der Waals surface area contributed by atoms with Gasteiger partial charge in [0.05, 0.1) is 0 Å². The number of rotatable bonds is 6. The highest BCUT2D eigenvalue weighted by Crippen LogP contribution is 2.31. The van der Waals surface area contributed by atoms with Gasteiger partial charge in [-0.15, -0.1) is 0 Å². The highest BCUT2D eigenvalue weighted by atomic mass is 16.2. The molecule has 166 valence electrons. The summed E-state index contributed by atoms with van der Waals surface area (Å²) in [5.41, 5.74) is 4.26. The third-order valence-electron chi connectivity index (χ3n) is 7.13. The average molecular weight is 420 g/mol. The Kier molecular flexibility index (Phi) is 7.39. The summed E-state index contributed by atoms with van der Waals surface area (Å²) in [6.45, 7) is 7.88. The number of nitrogens with zero attached hydrogens (tertiary/aromatic N) is 3. The molecule has 0 aromatic heterocycles. The molecule has 1 aromatic rings. The van der Waals surface area contributed by atoms with Crippen LogP contribution in [0.15, 0.2) is 47.1 Å². The molecule has 31 heavy (non-hydrogen) atoms. The zero-order valence-electron chi connectivity index (χ0n) is 19.2. The fourth-order valence-electron chi connectivity index (χ4n) is 5.28. The highest BCUT2D eigenvalue weighted by molar-refractivity contribution is 5.99. The Morgan fingerprint density at radius 1 is 1.13 bits per heavy atom. The quantitative estimate of drug-likeness (QED) is 0.456. The number of carbonyl (C=O) groups is 1. The molecular weight excluding hydrogens is 382 g/mol. The summed E-state index contributed by atoms with van der Waals surface area (Å²) in [4.78, 5) is 23.0. The predicted octanol–water partition coefficient (Wildman–Crippen LogP) is 5.42. The van der Waals surface area contributed by atoms with Crippen LogP contribution in [0.2, 0.25) is 0 Å². The zero-order valence-corrected chi connectivity index (χ0v) is 19.2. The van der Waals surface area contributed by atoms with Crippen molar-refractivity contribution in [2.45, 2.75) is 70.8 Å². The van der Waals surface area contributed by atoms with Crippen LogP contribution < -0.4 is 0 Å². The van der Waals surface area contributed by atoms with E-state index in [1.807, 2.05) is 4.90 Å². The number of amides is 1. The van der Waals surface area contributed by atoms with Gasteiger partial charge in [0.15, 0.2) is 0 Å². The van der Waals surface area contributed by atoms with Crippen molar-refractivity contribution in [3.8, 4) is 0 Å². The number of benzene rings is 1. The molecule has 1 unspecified atom stereocenters. The van der Waals surface area contributed by atoms with Crippen molar-refractivity contribution in [3.63, 3.8) is 0 Å². The molecular formula is C27H37N3O. The van der Waals surface area contributed by atoms with Gasteiger partial charge in [0, 0.05) is 43.9 Å². The fourth-order valence-corrected chi connectivity index (χ4v) is 5.28. The topological polar surface area (TPSA) is 35.9 Å². The average Bonchev–Trinajstić information content (AvgIpc) is 3.36. The molecule has 1 heterocycles. The van der Waals surface area contributed by atoms with E-state index in [4.69, 9.17) is 4.99 Å². The van der Waals surface area contributed by atoms with E-state index < -0.39 is 0 Å². The molecule has 3 aliphatic rings. The standard InChI is InChI=1S/C27H37N3O/c1-3-4-16-26(27(31)30-19-17-29(18-20-30)23-12-6-7-13-23)28-21(2)24-15-9-11-22-10-5-8-14-25(22)24/h5,8-11,14,16,23-24H,3-4,6-7,12-13,15,17-20H2,1-2H3/b26-16-,28-21+. The molecule has 0 spiro atoms. The van der Waals surface area contributed by atoms with E-state index in [-0.39, 0.29) is 11.8 Å². The maximum atomic E-state index is 13.4. The van der Waals surface area contributed by atoms with Crippen molar-refractivity contribution in [2.24, 2.45) is 4.99 Å². The van der Waals surface area contributed by atoms with Gasteiger partial charge in [-0.3, -0.25) is 14.7 Å². The Balaban J connectivity index is 1.47. The predicted molar refractivity (Wildman–Crippen MR) is 129 cm³/mol. The van der Waals surface area contributed by atoms with E-state index in [9.17, 15) is 4.79 Å². The second-order valence-corrected chi connectivity index (χ2v) is 9.22. The van der Waals surface area contributed by atoms with E-state index in [2.05, 4.69) is 61.2 Å². The van der Waals surface area contributed by atoms with Gasteiger partial charge in [-0.1, -0.05) is 68.7 Å². The number of aliphatic imine (C=N–C) groups is 1. The molecule has 0 bridgehead atoms. The van der Waals surface area contributed by atoms with Crippen LogP contribution in [0.3, 0.4) is 0 Å². The minimum absolute atomic E-state index is 0.110. The van der Waals surface area contributed by atoms with E-state index in [1.54, 1.807) is 0 Å². The van der Waals surface area contributed by atoms with Crippen LogP contribution >= 0.6 is 0 Å². The van der Waals surface area contributed by atoms with Crippen molar-refractivity contribution in [2.75, 3.05) is 26.2 Å². The molecule has 2 fully saturated rings. The molecule has 4 heteroatoms. The number of allylic oxidation sites excluding steroid dienone is 2. The van der Waals surface area contributed by atoms with Crippen LogP contribution in [-0.2, 0) is 4.79 Å². The Morgan fingerprint density at radius 2 is 1.87 bits per heavy atom. The van der Waals surface area contributed by atoms with E-state index in [0.717, 1.165) is 57.2 Å². The number of piperazine rings is 1. The van der Waals surface area contributed by atoms with Crippen LogP contribution in [0, 0.1) is 0 Å². The highest BCUT2D eigenvalue weighted by Gasteiger charge is 2.29. The van der Waals surface area contributed by atoms with E-state index >= 15 is 0 Å². The zero-order chi connectivity index (χ0) is 21.6. The van der Waals surface area contributed by atoms with Gasteiger partial charge < -0.3 is 4.90 Å². The van der Waals surface area contributed by atoms with Gasteiger partial charge in [0.2, 0.25) is 0 Å². The first kappa shape index (κ1) is 22.0. The lowest BCUT2D eigenvalue weighted by Crippen LogP contribution is -2.51. The van der Waals surface area contributed by atoms with Gasteiger partial charge in [0.1, 0.15) is 5.70 Å². The Bertz CT molecular complexity index is 855. The summed E-state index contributed by atoms with van der Waals surface area (Å²) in [6, 6.07) is 9.28. The SMILES string of the molecule is CCC/C=C(\N=C(/C)C1CC=Cc2ccccc21)C(=O)N1CCN(C2CCCC2)CC1. The van der Waals surface area contributed by atoms with Gasteiger partial charge >= 0.3 is 0 Å². The largest absolute Gasteiger partial charge is 0.335 e. The Labute approximate surface area is 187 Å². The van der Waals surface area contributed by atoms with E-state index in [0.29, 0.717) is 5.70 Å². The lowest BCUT2D eigenvalue weighted by atomic mass is 9.84. The van der Waals surface area contributed by atoms with Crippen LogP contribution in [0.5, 0.6) is 0 Å². The molecule has 1 saturated heterocycles. The lowest BCUT2D eigenvalue weighted by Gasteiger charge is -2.38. The van der Waals surface area contributed by atoms with Gasteiger partial charge in [0.25, 0.3) is 5.91 Å². The normalized spacial score (nSPS) is 23.3. The molecule has 0 radical (unpaired) electrons. The van der Waals surface area contributed by atoms with Gasteiger partial charge in [-0.05, 0) is 43.7 Å². The number of fused-ring (bicyclic) bond motifs is 1. The molecule has 4 rings (SSSR count). The summed E-state index contributed by atoms with van der Waals surface area (Å²) in [6.07, 6.45) is 14.7. The Morgan fingerprint density at radius 3 is 2.61 bits per heavy atom. The van der Waals surface area contributed by atoms with Crippen LogP contribution in [0.1, 0.15) is 75.8 Å². The number of hydrogen-bond donors (Lipinski definition) is 0. The number of unbranched alkanes of at least 4 members (excludes halogenated alkanes) is 1. The maximum absolute atomic E-state index is 13.4. The molecule has 1 amide bonds. The maximum Gasteiger partial charge on any atom is 0.272 e. The third kappa shape index (κ3) is 5.17. The molecule has 1 saturated carbocycles. The van der Waals surface area contributed by atoms with Crippen molar-refractivity contribution in [1.82, 2.24) is 9.80 Å². The monoisotopic (exact) mass is 419 g/mol. The smallest absolute Gasteiger partial charge is 0.272 e. The Hall–Kier alpha value is -2.20. The van der Waals surface area contributed by atoms with Crippen molar-refractivity contribution >= 4 is 17.7 Å². The lowest BCUT2D eigenvalue weighted by molar-refractivity contribution is -0.129. The third-order valence-corrected chi connectivity index (χ3v) is 7.13. The van der Waals surface area contributed by atoms with Crippen molar-refractivity contribution in [1.29, 1.82) is 0 Å². The summed E-state index contributed by atoms with van der Waals surface area (Å²) < 4.78 is 0. The summed E-state index contributed by atoms with van der Waals surface area (Å²) in [5.74, 6) is 0.358. The van der Waals surface area contributed by atoms with Crippen LogP contribution in [0.25, 0.3) is 6.08 Å². The van der Waals surface area contributed by atoms with Crippen molar-refractivity contribution in [3.05, 3.63) is 53.2 Å². The molecule has 0 N–H and O–H groups in total. The second-order valence-electron chi connectivity index (χ2n) is 9.22.